The Kier molecular flexibility index (Phi) is 21.0. The quantitative estimate of drug-likeness (QED) is 0.148. The highest BCUT2D eigenvalue weighted by Crippen LogP contribution is 2.14. The molecular formula is C24H48ClNO4. The summed E-state index contributed by atoms with van der Waals surface area (Å²) in [5, 5.41) is 10.9. The van der Waals surface area contributed by atoms with Crippen molar-refractivity contribution in [3.05, 3.63) is 0 Å². The molecule has 0 N–H and O–H groups in total. The maximum absolute atomic E-state index is 12.0. The Balaban J connectivity index is 0. The number of carboxylic acids is 1. The Morgan fingerprint density at radius 1 is 0.767 bits per heavy atom. The minimum Gasteiger partial charge on any atom is -0.550 e. The van der Waals surface area contributed by atoms with Crippen molar-refractivity contribution in [2.45, 2.75) is 116 Å². The van der Waals surface area contributed by atoms with E-state index in [-0.39, 0.29) is 24.8 Å². The van der Waals surface area contributed by atoms with Gasteiger partial charge in [-0.25, -0.2) is 0 Å². The number of hydrogen-bond donors (Lipinski definition) is 0. The van der Waals surface area contributed by atoms with Crippen molar-refractivity contribution in [2.24, 2.45) is 0 Å². The Bertz CT molecular complexity index is 424. The van der Waals surface area contributed by atoms with Gasteiger partial charge in [-0.1, -0.05) is 90.4 Å². The maximum atomic E-state index is 12.0. The minimum absolute atomic E-state index is 0. The number of carbonyl (C=O) groups is 2. The molecule has 0 aromatic carbocycles. The molecule has 6 heteroatoms. The molecule has 0 heterocycles. The van der Waals surface area contributed by atoms with Gasteiger partial charge in [0.15, 0.2) is 6.10 Å². The molecule has 0 rings (SSSR count). The predicted molar refractivity (Wildman–Crippen MR) is 125 cm³/mol. The first-order chi connectivity index (χ1) is 13.7. The van der Waals surface area contributed by atoms with Crippen molar-refractivity contribution in [3.63, 3.8) is 0 Å². The van der Waals surface area contributed by atoms with Crippen LogP contribution in [0.15, 0.2) is 0 Å². The van der Waals surface area contributed by atoms with Crippen LogP contribution < -0.4 is 5.11 Å². The van der Waals surface area contributed by atoms with Gasteiger partial charge in [-0.05, 0) is 6.42 Å². The lowest BCUT2D eigenvalue weighted by Gasteiger charge is -2.29. The second-order valence-electron chi connectivity index (χ2n) is 9.51. The molecule has 0 amide bonds. The van der Waals surface area contributed by atoms with Crippen molar-refractivity contribution in [3.8, 4) is 0 Å². The van der Waals surface area contributed by atoms with Crippen LogP contribution in [0.4, 0.5) is 0 Å². The second kappa shape index (κ2) is 20.1. The molecule has 0 fully saturated rings. The van der Waals surface area contributed by atoms with E-state index < -0.39 is 12.1 Å². The number of aliphatic carboxylic acids is 1. The molecule has 0 bridgehead atoms. The van der Waals surface area contributed by atoms with Crippen molar-refractivity contribution in [1.82, 2.24) is 0 Å². The van der Waals surface area contributed by atoms with E-state index in [4.69, 9.17) is 4.74 Å². The van der Waals surface area contributed by atoms with Gasteiger partial charge in [0, 0.05) is 18.8 Å². The van der Waals surface area contributed by atoms with Gasteiger partial charge in [-0.15, -0.1) is 12.4 Å². The largest absolute Gasteiger partial charge is 0.550 e. The van der Waals surface area contributed by atoms with Gasteiger partial charge in [-0.3, -0.25) is 4.79 Å². The summed E-state index contributed by atoms with van der Waals surface area (Å²) in [5.41, 5.74) is 0. The summed E-state index contributed by atoms with van der Waals surface area (Å²) in [5.74, 6) is -1.46. The Morgan fingerprint density at radius 2 is 1.17 bits per heavy atom. The number of halogens is 1. The molecule has 0 aliphatic heterocycles. The standard InChI is InChI=1S/C24H47NO4.ClH/c1-5-6-7-8-9-10-11-12-13-14-15-16-17-18-19-24(28)29-22(20-23(26)27)21-25(2,3)4;/h22H,5-21H2,1-4H3;1H/t22-;/m0./s1. The molecule has 30 heavy (non-hydrogen) atoms. The molecule has 0 unspecified atom stereocenters. The highest BCUT2D eigenvalue weighted by atomic mass is 35.5. The monoisotopic (exact) mass is 449 g/mol. The van der Waals surface area contributed by atoms with E-state index in [2.05, 4.69) is 6.92 Å². The summed E-state index contributed by atoms with van der Waals surface area (Å²) in [4.78, 5) is 22.9. The Labute approximate surface area is 191 Å². The highest BCUT2D eigenvalue weighted by molar-refractivity contribution is 5.85. The van der Waals surface area contributed by atoms with Crippen LogP contribution in [0.3, 0.4) is 0 Å². The van der Waals surface area contributed by atoms with Crippen LogP contribution in [0.25, 0.3) is 0 Å². The SMILES string of the molecule is CCCCCCCCCCCCCCCCC(=O)O[C@@H](CC(=O)[O-])C[N+](C)(C)C.Cl. The van der Waals surface area contributed by atoms with E-state index in [1.54, 1.807) is 0 Å². The van der Waals surface area contributed by atoms with E-state index in [0.29, 0.717) is 17.4 Å². The molecular weight excluding hydrogens is 402 g/mol. The van der Waals surface area contributed by atoms with Gasteiger partial charge in [0.2, 0.25) is 0 Å². The molecule has 0 saturated carbocycles. The molecule has 1 atom stereocenters. The van der Waals surface area contributed by atoms with E-state index in [1.807, 2.05) is 21.1 Å². The van der Waals surface area contributed by atoms with Crippen LogP contribution in [0.1, 0.15) is 110 Å². The first-order valence-corrected chi connectivity index (χ1v) is 11.9. The van der Waals surface area contributed by atoms with Crippen molar-refractivity contribution >= 4 is 24.3 Å². The normalized spacial score (nSPS) is 12.3. The molecule has 0 aliphatic rings. The van der Waals surface area contributed by atoms with Crippen molar-refractivity contribution < 1.29 is 23.9 Å². The summed E-state index contributed by atoms with van der Waals surface area (Å²) in [6, 6.07) is 0. The molecule has 0 aromatic heterocycles. The van der Waals surface area contributed by atoms with Crippen molar-refractivity contribution in [2.75, 3.05) is 27.7 Å². The number of carboxylic acid groups (broad SMARTS) is 1. The van der Waals surface area contributed by atoms with Crippen LogP contribution in [0, 0.1) is 0 Å². The zero-order chi connectivity index (χ0) is 22.0. The molecule has 0 saturated heterocycles. The number of hydrogen-bond acceptors (Lipinski definition) is 4. The second-order valence-corrected chi connectivity index (χ2v) is 9.51. The Hall–Kier alpha value is -0.810. The lowest BCUT2D eigenvalue weighted by atomic mass is 10.0. The number of carbonyl (C=O) groups excluding carboxylic acids is 2. The molecule has 0 aromatic rings. The van der Waals surface area contributed by atoms with Gasteiger partial charge in [0.1, 0.15) is 6.54 Å². The first-order valence-electron chi connectivity index (χ1n) is 11.9. The average Bonchev–Trinajstić information content (AvgIpc) is 2.60. The molecule has 5 nitrogen and oxygen atoms in total. The van der Waals surface area contributed by atoms with E-state index >= 15 is 0 Å². The van der Waals surface area contributed by atoms with Crippen molar-refractivity contribution in [1.29, 1.82) is 0 Å². The molecule has 0 radical (unpaired) electrons. The van der Waals surface area contributed by atoms with E-state index in [9.17, 15) is 14.7 Å². The van der Waals surface area contributed by atoms with Crippen LogP contribution in [-0.4, -0.2) is 50.2 Å². The van der Waals surface area contributed by atoms with Crippen LogP contribution in [0.2, 0.25) is 0 Å². The Morgan fingerprint density at radius 3 is 1.53 bits per heavy atom. The zero-order valence-corrected chi connectivity index (χ0v) is 20.9. The number of unbranched alkanes of at least 4 members (excludes halogenated alkanes) is 13. The fraction of sp³-hybridized carbons (Fsp3) is 0.917. The van der Waals surface area contributed by atoms with Crippen LogP contribution in [0.5, 0.6) is 0 Å². The zero-order valence-electron chi connectivity index (χ0n) is 20.1. The topological polar surface area (TPSA) is 66.4 Å². The maximum Gasteiger partial charge on any atom is 0.306 e. The summed E-state index contributed by atoms with van der Waals surface area (Å²) in [6.45, 7) is 2.73. The van der Waals surface area contributed by atoms with Gasteiger partial charge in [0.25, 0.3) is 0 Å². The molecule has 0 spiro atoms. The van der Waals surface area contributed by atoms with Gasteiger partial charge in [0.05, 0.1) is 21.1 Å². The average molecular weight is 450 g/mol. The summed E-state index contributed by atoms with van der Waals surface area (Å²) in [6.07, 6.45) is 17.4. The number of nitrogens with zero attached hydrogens (tertiary/aromatic N) is 1. The predicted octanol–water partition coefficient (Wildman–Crippen LogP) is 5.04. The van der Waals surface area contributed by atoms with Crippen LogP contribution >= 0.6 is 12.4 Å². The third-order valence-corrected chi connectivity index (χ3v) is 5.18. The van der Waals surface area contributed by atoms with Gasteiger partial charge < -0.3 is 19.1 Å². The number of ether oxygens (including phenoxy) is 1. The van der Waals surface area contributed by atoms with Crippen LogP contribution in [-0.2, 0) is 14.3 Å². The lowest BCUT2D eigenvalue weighted by Crippen LogP contribution is -2.45. The third-order valence-electron chi connectivity index (χ3n) is 5.18. The highest BCUT2D eigenvalue weighted by Gasteiger charge is 2.22. The molecule has 0 aliphatic carbocycles. The third kappa shape index (κ3) is 23.5. The van der Waals surface area contributed by atoms with Gasteiger partial charge >= 0.3 is 5.97 Å². The summed E-state index contributed by atoms with van der Waals surface area (Å²) in [7, 11) is 5.84. The number of likely N-dealkylation sites (N-methyl/N-ethyl adjacent to an activating group) is 1. The molecule has 180 valence electrons. The fourth-order valence-electron chi connectivity index (χ4n) is 3.65. The van der Waals surface area contributed by atoms with Gasteiger partial charge in [-0.2, -0.15) is 0 Å². The lowest BCUT2D eigenvalue weighted by molar-refractivity contribution is -0.873. The summed E-state index contributed by atoms with van der Waals surface area (Å²) >= 11 is 0. The number of esters is 1. The smallest absolute Gasteiger partial charge is 0.306 e. The number of rotatable bonds is 20. The first kappa shape index (κ1) is 31.4. The van der Waals surface area contributed by atoms with E-state index in [0.717, 1.165) is 19.3 Å². The summed E-state index contributed by atoms with van der Waals surface area (Å²) < 4.78 is 5.92. The van der Waals surface area contributed by atoms with E-state index in [1.165, 1.54) is 70.6 Å². The minimum atomic E-state index is -1.17. The fourth-order valence-corrected chi connectivity index (χ4v) is 3.65. The number of quaternary nitrogens is 1.